The van der Waals surface area contributed by atoms with Crippen LogP contribution in [-0.2, 0) is 11.3 Å². The third kappa shape index (κ3) is 2.65. The number of rotatable bonds is 2. The lowest BCUT2D eigenvalue weighted by atomic mass is 9.79. The number of benzene rings is 2. The molecule has 3 rings (SSSR count). The van der Waals surface area contributed by atoms with Gasteiger partial charge in [-0.25, -0.2) is 4.39 Å². The molecule has 2 aromatic carbocycles. The highest BCUT2D eigenvalue weighted by atomic mass is 35.5. The standard InChI is InChI=1S/C14H10BClFNO3/c16-11-2-1-3-12(17)13(11)14(19)18-9-5-4-8-7-21-15(20)10(8)6-9/h1-6,20H,7H2,(H,18,19). The number of carbonyl (C=O) groups excluding carboxylic acids is 1. The van der Waals surface area contributed by atoms with Crippen LogP contribution in [0, 0.1) is 5.82 Å². The maximum Gasteiger partial charge on any atom is 0.491 e. The predicted octanol–water partition coefficient (Wildman–Crippen LogP) is 1.95. The van der Waals surface area contributed by atoms with E-state index in [9.17, 15) is 14.2 Å². The van der Waals surface area contributed by atoms with Crippen LogP contribution < -0.4 is 10.8 Å². The van der Waals surface area contributed by atoms with E-state index in [1.807, 2.05) is 0 Å². The van der Waals surface area contributed by atoms with Crippen molar-refractivity contribution in [3.05, 3.63) is 58.4 Å². The van der Waals surface area contributed by atoms with Gasteiger partial charge in [-0.2, -0.15) is 0 Å². The fraction of sp³-hybridized carbons (Fsp3) is 0.0714. The minimum absolute atomic E-state index is 0.0389. The van der Waals surface area contributed by atoms with Crippen molar-refractivity contribution in [2.24, 2.45) is 0 Å². The van der Waals surface area contributed by atoms with Crippen molar-refractivity contribution in [2.45, 2.75) is 6.61 Å². The van der Waals surface area contributed by atoms with Crippen LogP contribution in [0.2, 0.25) is 5.02 Å². The predicted molar refractivity (Wildman–Crippen MR) is 78.2 cm³/mol. The Morgan fingerprint density at radius 1 is 1.38 bits per heavy atom. The first kappa shape index (κ1) is 14.1. The molecule has 0 aromatic heterocycles. The average Bonchev–Trinajstić information content (AvgIpc) is 2.80. The third-order valence-electron chi connectivity index (χ3n) is 3.26. The zero-order valence-corrected chi connectivity index (χ0v) is 11.5. The Morgan fingerprint density at radius 3 is 2.95 bits per heavy atom. The highest BCUT2D eigenvalue weighted by Crippen LogP contribution is 2.21. The normalized spacial score (nSPS) is 13.2. The summed E-state index contributed by atoms with van der Waals surface area (Å²) in [5, 5.41) is 12.2. The van der Waals surface area contributed by atoms with Gasteiger partial charge >= 0.3 is 7.12 Å². The number of carbonyl (C=O) groups is 1. The molecular weight excluding hydrogens is 295 g/mol. The van der Waals surface area contributed by atoms with Gasteiger partial charge in [0.25, 0.3) is 5.91 Å². The fourth-order valence-electron chi connectivity index (χ4n) is 2.20. The molecule has 0 radical (unpaired) electrons. The SMILES string of the molecule is O=C(Nc1ccc2c(c1)B(O)OC2)c1c(F)cccc1Cl. The molecule has 0 saturated carbocycles. The molecular formula is C14H10BClFNO3. The largest absolute Gasteiger partial charge is 0.491 e. The summed E-state index contributed by atoms with van der Waals surface area (Å²) in [4.78, 5) is 12.1. The van der Waals surface area contributed by atoms with E-state index in [0.29, 0.717) is 17.8 Å². The van der Waals surface area contributed by atoms with Crippen LogP contribution in [0.4, 0.5) is 10.1 Å². The number of hydrogen-bond donors (Lipinski definition) is 2. The van der Waals surface area contributed by atoms with Gasteiger partial charge in [0.2, 0.25) is 0 Å². The van der Waals surface area contributed by atoms with Crippen LogP contribution in [0.15, 0.2) is 36.4 Å². The molecule has 1 amide bonds. The first-order chi connectivity index (χ1) is 10.1. The smallest absolute Gasteiger partial charge is 0.423 e. The second-order valence-electron chi connectivity index (χ2n) is 4.63. The number of halogens is 2. The van der Waals surface area contributed by atoms with Gasteiger partial charge < -0.3 is 15.0 Å². The lowest BCUT2D eigenvalue weighted by Crippen LogP contribution is -2.28. The van der Waals surface area contributed by atoms with Crippen LogP contribution in [0.5, 0.6) is 0 Å². The van der Waals surface area contributed by atoms with Crippen LogP contribution >= 0.6 is 11.6 Å². The second-order valence-corrected chi connectivity index (χ2v) is 5.03. The summed E-state index contributed by atoms with van der Waals surface area (Å²) in [6, 6.07) is 9.04. The van der Waals surface area contributed by atoms with E-state index in [-0.39, 0.29) is 10.6 Å². The number of nitrogens with one attached hydrogen (secondary N) is 1. The Bertz CT molecular complexity index is 705. The van der Waals surface area contributed by atoms with E-state index in [4.69, 9.17) is 16.3 Å². The highest BCUT2D eigenvalue weighted by Gasteiger charge is 2.27. The van der Waals surface area contributed by atoms with Gasteiger partial charge in [-0.1, -0.05) is 23.7 Å². The van der Waals surface area contributed by atoms with Gasteiger partial charge in [0.15, 0.2) is 0 Å². The van der Waals surface area contributed by atoms with Crippen LogP contribution in [0.25, 0.3) is 0 Å². The summed E-state index contributed by atoms with van der Waals surface area (Å²) >= 11 is 5.85. The lowest BCUT2D eigenvalue weighted by Gasteiger charge is -2.09. The molecule has 0 saturated heterocycles. The summed E-state index contributed by atoms with van der Waals surface area (Å²) in [6.45, 7) is 0.323. The Balaban J connectivity index is 1.87. The average molecular weight is 306 g/mol. The molecule has 0 fully saturated rings. The zero-order chi connectivity index (χ0) is 15.0. The number of fused-ring (bicyclic) bond motifs is 1. The Morgan fingerprint density at radius 2 is 2.19 bits per heavy atom. The first-order valence-electron chi connectivity index (χ1n) is 6.24. The van der Waals surface area contributed by atoms with Crippen molar-refractivity contribution in [2.75, 3.05) is 5.32 Å². The Hall–Kier alpha value is -1.89. The third-order valence-corrected chi connectivity index (χ3v) is 3.57. The van der Waals surface area contributed by atoms with Crippen molar-refractivity contribution in [3.8, 4) is 0 Å². The molecule has 0 spiro atoms. The summed E-state index contributed by atoms with van der Waals surface area (Å²) < 4.78 is 18.7. The van der Waals surface area contributed by atoms with Crippen LogP contribution in [0.1, 0.15) is 15.9 Å². The van der Waals surface area contributed by atoms with Crippen molar-refractivity contribution >= 4 is 35.8 Å². The molecule has 21 heavy (non-hydrogen) atoms. The van der Waals surface area contributed by atoms with E-state index in [1.54, 1.807) is 18.2 Å². The van der Waals surface area contributed by atoms with Crippen molar-refractivity contribution in [1.29, 1.82) is 0 Å². The Labute approximate surface area is 125 Å². The Kier molecular flexibility index (Phi) is 3.67. The minimum atomic E-state index is -1.01. The van der Waals surface area contributed by atoms with E-state index in [1.165, 1.54) is 18.2 Å². The lowest BCUT2D eigenvalue weighted by molar-refractivity contribution is 0.102. The number of amides is 1. The molecule has 1 aliphatic heterocycles. The molecule has 7 heteroatoms. The first-order valence-corrected chi connectivity index (χ1v) is 6.62. The molecule has 2 N–H and O–H groups in total. The van der Waals surface area contributed by atoms with Crippen molar-refractivity contribution in [3.63, 3.8) is 0 Å². The van der Waals surface area contributed by atoms with E-state index in [0.717, 1.165) is 5.56 Å². The van der Waals surface area contributed by atoms with Crippen LogP contribution in [-0.4, -0.2) is 18.0 Å². The van der Waals surface area contributed by atoms with Crippen LogP contribution in [0.3, 0.4) is 0 Å². The van der Waals surface area contributed by atoms with Crippen molar-refractivity contribution < 1.29 is 18.9 Å². The van der Waals surface area contributed by atoms with Gasteiger partial charge in [0.1, 0.15) is 5.82 Å². The van der Waals surface area contributed by atoms with E-state index in [2.05, 4.69) is 5.32 Å². The molecule has 0 bridgehead atoms. The van der Waals surface area contributed by atoms with Gasteiger partial charge in [0.05, 0.1) is 17.2 Å². The topological polar surface area (TPSA) is 58.6 Å². The quantitative estimate of drug-likeness (QED) is 0.834. The molecule has 106 valence electrons. The maximum atomic E-state index is 13.7. The number of hydrogen-bond acceptors (Lipinski definition) is 3. The number of anilines is 1. The zero-order valence-electron chi connectivity index (χ0n) is 10.8. The molecule has 1 heterocycles. The van der Waals surface area contributed by atoms with Gasteiger partial charge in [-0.3, -0.25) is 4.79 Å². The van der Waals surface area contributed by atoms with Gasteiger partial charge in [-0.15, -0.1) is 0 Å². The van der Waals surface area contributed by atoms with Gasteiger partial charge in [0, 0.05) is 5.69 Å². The molecule has 2 aromatic rings. The highest BCUT2D eigenvalue weighted by molar-refractivity contribution is 6.61. The molecule has 0 aliphatic carbocycles. The van der Waals surface area contributed by atoms with E-state index >= 15 is 0 Å². The monoisotopic (exact) mass is 305 g/mol. The molecule has 4 nitrogen and oxygen atoms in total. The maximum absolute atomic E-state index is 13.7. The molecule has 0 unspecified atom stereocenters. The fourth-order valence-corrected chi connectivity index (χ4v) is 2.45. The summed E-state index contributed by atoms with van der Waals surface area (Å²) in [7, 11) is -1.01. The second kappa shape index (κ2) is 5.48. The minimum Gasteiger partial charge on any atom is -0.423 e. The van der Waals surface area contributed by atoms with Gasteiger partial charge in [-0.05, 0) is 35.3 Å². The summed E-state index contributed by atoms with van der Waals surface area (Å²) in [5.74, 6) is -1.34. The van der Waals surface area contributed by atoms with Crippen molar-refractivity contribution in [1.82, 2.24) is 0 Å². The summed E-state index contributed by atoms with van der Waals surface area (Å²) in [6.07, 6.45) is 0. The molecule has 0 atom stereocenters. The molecule has 1 aliphatic rings. The summed E-state index contributed by atoms with van der Waals surface area (Å²) in [5.41, 5.74) is 1.66. The van der Waals surface area contributed by atoms with E-state index < -0.39 is 18.8 Å².